The van der Waals surface area contributed by atoms with Crippen molar-refractivity contribution in [1.29, 1.82) is 0 Å². The number of anilines is 1. The van der Waals surface area contributed by atoms with Crippen LogP contribution in [0.3, 0.4) is 0 Å². The molecule has 0 aromatic heterocycles. The van der Waals surface area contributed by atoms with Crippen LogP contribution in [0.1, 0.15) is 25.3 Å². The average molecular weight is 341 g/mol. The second kappa shape index (κ2) is 6.26. The summed E-state index contributed by atoms with van der Waals surface area (Å²) < 4.78 is 0.955. The van der Waals surface area contributed by atoms with Gasteiger partial charge in [-0.05, 0) is 43.0 Å². The van der Waals surface area contributed by atoms with Crippen molar-refractivity contribution in [3.8, 4) is 0 Å². The zero-order valence-corrected chi connectivity index (χ0v) is 12.8. The first-order valence-electron chi connectivity index (χ1n) is 6.61. The lowest BCUT2D eigenvalue weighted by Crippen LogP contribution is -2.42. The Morgan fingerprint density at radius 1 is 1.50 bits per heavy atom. The third-order valence-electron chi connectivity index (χ3n) is 3.49. The molecule has 0 spiro atoms. The van der Waals surface area contributed by atoms with Crippen molar-refractivity contribution in [2.45, 2.75) is 32.2 Å². The predicted octanol–water partition coefficient (Wildman–Crippen LogP) is 3.09. The van der Waals surface area contributed by atoms with E-state index in [1.54, 1.807) is 0 Å². The summed E-state index contributed by atoms with van der Waals surface area (Å²) in [5.74, 6) is -0.941. The van der Waals surface area contributed by atoms with Gasteiger partial charge in [0.2, 0.25) is 0 Å². The lowest BCUT2D eigenvalue weighted by molar-refractivity contribution is -0.141. The van der Waals surface area contributed by atoms with Gasteiger partial charge in [0.15, 0.2) is 0 Å². The SMILES string of the molecule is CCc1cc(Br)ccc1NC(=O)N1CCC[C@@H]1C(=O)O. The second-order valence-electron chi connectivity index (χ2n) is 4.77. The Kier molecular flexibility index (Phi) is 4.65. The first-order valence-corrected chi connectivity index (χ1v) is 7.41. The van der Waals surface area contributed by atoms with Crippen LogP contribution in [0.4, 0.5) is 10.5 Å². The minimum absolute atomic E-state index is 0.341. The molecule has 2 amide bonds. The van der Waals surface area contributed by atoms with E-state index in [1.807, 2.05) is 25.1 Å². The highest BCUT2D eigenvalue weighted by Gasteiger charge is 2.34. The number of carboxylic acids is 1. The van der Waals surface area contributed by atoms with Crippen LogP contribution in [0.2, 0.25) is 0 Å². The van der Waals surface area contributed by atoms with Crippen LogP contribution < -0.4 is 5.32 Å². The highest BCUT2D eigenvalue weighted by molar-refractivity contribution is 9.10. The number of hydrogen-bond acceptors (Lipinski definition) is 2. The van der Waals surface area contributed by atoms with Crippen molar-refractivity contribution in [2.24, 2.45) is 0 Å². The quantitative estimate of drug-likeness (QED) is 0.888. The monoisotopic (exact) mass is 340 g/mol. The highest BCUT2D eigenvalue weighted by atomic mass is 79.9. The molecule has 1 aliphatic rings. The number of nitrogens with one attached hydrogen (secondary N) is 1. The first kappa shape index (κ1) is 14.8. The Morgan fingerprint density at radius 3 is 2.90 bits per heavy atom. The highest BCUT2D eigenvalue weighted by Crippen LogP contribution is 2.24. The number of aryl methyl sites for hydroxylation is 1. The van der Waals surface area contributed by atoms with Gasteiger partial charge in [-0.25, -0.2) is 9.59 Å². The van der Waals surface area contributed by atoms with Crippen LogP contribution >= 0.6 is 15.9 Å². The molecule has 5 nitrogen and oxygen atoms in total. The van der Waals surface area contributed by atoms with E-state index >= 15 is 0 Å². The molecule has 1 fully saturated rings. The van der Waals surface area contributed by atoms with Gasteiger partial charge in [-0.2, -0.15) is 0 Å². The smallest absolute Gasteiger partial charge is 0.326 e. The van der Waals surface area contributed by atoms with Crippen molar-refractivity contribution >= 4 is 33.6 Å². The van der Waals surface area contributed by atoms with Crippen LogP contribution in [-0.4, -0.2) is 34.6 Å². The molecule has 108 valence electrons. The molecular formula is C14H17BrN2O3. The maximum absolute atomic E-state index is 12.2. The van der Waals surface area contributed by atoms with E-state index in [9.17, 15) is 9.59 Å². The molecule has 1 heterocycles. The number of carbonyl (C=O) groups excluding carboxylic acids is 1. The van der Waals surface area contributed by atoms with Gasteiger partial charge >= 0.3 is 12.0 Å². The Hall–Kier alpha value is -1.56. The number of nitrogens with zero attached hydrogens (tertiary/aromatic N) is 1. The third kappa shape index (κ3) is 3.12. The molecular weight excluding hydrogens is 324 g/mol. The molecule has 20 heavy (non-hydrogen) atoms. The van der Waals surface area contributed by atoms with Crippen molar-refractivity contribution in [1.82, 2.24) is 4.90 Å². The van der Waals surface area contributed by atoms with Gasteiger partial charge in [-0.1, -0.05) is 22.9 Å². The van der Waals surface area contributed by atoms with Crippen molar-refractivity contribution in [2.75, 3.05) is 11.9 Å². The fraction of sp³-hybridized carbons (Fsp3) is 0.429. The van der Waals surface area contributed by atoms with Crippen LogP contribution in [0.15, 0.2) is 22.7 Å². The molecule has 1 aromatic rings. The van der Waals surface area contributed by atoms with Crippen LogP contribution in [-0.2, 0) is 11.2 Å². The molecule has 0 bridgehead atoms. The molecule has 2 rings (SSSR count). The lowest BCUT2D eigenvalue weighted by atomic mass is 10.1. The Bertz CT molecular complexity index is 533. The zero-order valence-electron chi connectivity index (χ0n) is 11.2. The number of hydrogen-bond donors (Lipinski definition) is 2. The maximum Gasteiger partial charge on any atom is 0.326 e. The minimum Gasteiger partial charge on any atom is -0.480 e. The number of halogens is 1. The van der Waals surface area contributed by atoms with Gasteiger partial charge in [0.1, 0.15) is 6.04 Å². The summed E-state index contributed by atoms with van der Waals surface area (Å²) in [5, 5.41) is 11.9. The fourth-order valence-corrected chi connectivity index (χ4v) is 2.84. The van der Waals surface area contributed by atoms with E-state index in [0.29, 0.717) is 13.0 Å². The number of carboxylic acid groups (broad SMARTS) is 1. The molecule has 0 radical (unpaired) electrons. The van der Waals surface area contributed by atoms with Gasteiger partial charge in [-0.15, -0.1) is 0 Å². The number of carbonyl (C=O) groups is 2. The topological polar surface area (TPSA) is 69.6 Å². The number of likely N-dealkylation sites (tertiary alicyclic amines) is 1. The second-order valence-corrected chi connectivity index (χ2v) is 5.69. The van der Waals surface area contributed by atoms with Crippen molar-refractivity contribution in [3.63, 3.8) is 0 Å². The number of amides is 2. The average Bonchev–Trinajstić information content (AvgIpc) is 2.90. The van der Waals surface area contributed by atoms with E-state index < -0.39 is 12.0 Å². The lowest BCUT2D eigenvalue weighted by Gasteiger charge is -2.22. The van der Waals surface area contributed by atoms with Crippen molar-refractivity contribution < 1.29 is 14.7 Å². The van der Waals surface area contributed by atoms with Gasteiger partial charge in [0.05, 0.1) is 0 Å². The number of rotatable bonds is 3. The fourth-order valence-electron chi connectivity index (χ4n) is 2.43. The number of urea groups is 1. The largest absolute Gasteiger partial charge is 0.480 e. The van der Waals surface area contributed by atoms with Crippen molar-refractivity contribution in [3.05, 3.63) is 28.2 Å². The molecule has 0 unspecified atom stereocenters. The predicted molar refractivity (Wildman–Crippen MR) is 79.9 cm³/mol. The zero-order chi connectivity index (χ0) is 14.7. The molecule has 2 N–H and O–H groups in total. The molecule has 0 aliphatic carbocycles. The van der Waals surface area contributed by atoms with Crippen LogP contribution in [0, 0.1) is 0 Å². The van der Waals surface area contributed by atoms with Gasteiger partial charge < -0.3 is 15.3 Å². The summed E-state index contributed by atoms with van der Waals surface area (Å²) in [6.45, 7) is 2.49. The maximum atomic E-state index is 12.2. The Balaban J connectivity index is 2.13. The molecule has 1 aromatic carbocycles. The normalized spacial score (nSPS) is 18.1. The molecule has 1 atom stereocenters. The Labute approximate surface area is 126 Å². The van der Waals surface area contributed by atoms with E-state index in [-0.39, 0.29) is 6.03 Å². The first-order chi connectivity index (χ1) is 9.52. The van der Waals surface area contributed by atoms with E-state index in [1.165, 1.54) is 4.90 Å². The Morgan fingerprint density at radius 2 is 2.25 bits per heavy atom. The molecule has 0 saturated carbocycles. The van der Waals surface area contributed by atoms with E-state index in [0.717, 1.165) is 28.6 Å². The molecule has 1 aliphatic heterocycles. The van der Waals surface area contributed by atoms with Gasteiger partial charge in [-0.3, -0.25) is 0 Å². The number of benzene rings is 1. The summed E-state index contributed by atoms with van der Waals surface area (Å²) in [4.78, 5) is 24.7. The van der Waals surface area contributed by atoms with Gasteiger partial charge in [0.25, 0.3) is 0 Å². The molecule has 6 heteroatoms. The number of aliphatic carboxylic acids is 1. The van der Waals surface area contributed by atoms with Gasteiger partial charge in [0, 0.05) is 16.7 Å². The standard InChI is InChI=1S/C14H17BrN2O3/c1-2-9-8-10(15)5-6-11(9)16-14(20)17-7-3-4-12(17)13(18)19/h5-6,8,12H,2-4,7H2,1H3,(H,16,20)(H,18,19)/t12-/m1/s1. The summed E-state index contributed by atoms with van der Waals surface area (Å²) >= 11 is 3.40. The molecule has 1 saturated heterocycles. The summed E-state index contributed by atoms with van der Waals surface area (Å²) in [5.41, 5.74) is 1.75. The third-order valence-corrected chi connectivity index (χ3v) is 3.98. The minimum atomic E-state index is -0.941. The summed E-state index contributed by atoms with van der Waals surface area (Å²) in [6, 6.07) is 4.58. The van der Waals surface area contributed by atoms with Crippen LogP contribution in [0.25, 0.3) is 0 Å². The summed E-state index contributed by atoms with van der Waals surface area (Å²) in [7, 11) is 0. The van der Waals surface area contributed by atoms with E-state index in [4.69, 9.17) is 5.11 Å². The summed E-state index contributed by atoms with van der Waals surface area (Å²) in [6.07, 6.45) is 2.03. The van der Waals surface area contributed by atoms with Crippen LogP contribution in [0.5, 0.6) is 0 Å². The van der Waals surface area contributed by atoms with E-state index in [2.05, 4.69) is 21.2 Å².